The van der Waals surface area contributed by atoms with Crippen LogP contribution in [-0.4, -0.2) is 0 Å². The maximum atomic E-state index is 2.75. The Morgan fingerprint density at radius 2 is 0.962 bits per heavy atom. The van der Waals surface area contributed by atoms with E-state index in [1.807, 2.05) is 11.8 Å². The highest BCUT2D eigenvalue weighted by atomic mass is 32.2. The molecular weight excluding hydrogens is 647 g/mol. The fraction of sp³-hybridized carbons (Fsp3) is 0.520. The van der Waals surface area contributed by atoms with Gasteiger partial charge in [0.1, 0.15) is 0 Å². The van der Waals surface area contributed by atoms with Gasteiger partial charge in [0.15, 0.2) is 0 Å². The van der Waals surface area contributed by atoms with Crippen LogP contribution in [0.1, 0.15) is 147 Å². The zero-order chi connectivity index (χ0) is 36.0. The third kappa shape index (κ3) is 4.67. The molecule has 0 saturated heterocycles. The number of anilines is 3. The van der Waals surface area contributed by atoms with Gasteiger partial charge in [-0.1, -0.05) is 104 Å². The van der Waals surface area contributed by atoms with Gasteiger partial charge in [0.2, 0.25) is 0 Å². The lowest BCUT2D eigenvalue weighted by atomic mass is 9.42. The molecule has 4 aromatic carbocycles. The first-order valence-corrected chi connectivity index (χ1v) is 21.5. The minimum atomic E-state index is 0.0599. The highest BCUT2D eigenvalue weighted by Crippen LogP contribution is 2.70. The second-order valence-corrected chi connectivity index (χ2v) is 21.8. The van der Waals surface area contributed by atoms with E-state index in [1.165, 1.54) is 95.8 Å². The molecule has 0 aromatic heterocycles. The molecule has 0 amide bonds. The second-order valence-electron chi connectivity index (χ2n) is 20.8. The summed E-state index contributed by atoms with van der Waals surface area (Å²) in [5.74, 6) is 3.25. The lowest BCUT2D eigenvalue weighted by molar-refractivity contribution is -0.0441. The van der Waals surface area contributed by atoms with Crippen LogP contribution < -0.4 is 4.90 Å². The Bertz CT molecular complexity index is 2000. The van der Waals surface area contributed by atoms with Crippen LogP contribution >= 0.6 is 11.8 Å². The molecule has 4 saturated carbocycles. The standard InChI is InChI=1S/C50H59NS/c1-46(2)20-22-48(5,6)40-29-35(16-18-37(40)46)51(36-17-19-38-41(30-36)49(7,8)23-21-47(38,3)4)42-13-11-15-44-45(42)50(39-12-9-10-14-43(39)52-44)33-25-31-24-32(27-33)28-34(50)26-31/h9-19,29-34H,20-28H2,1-8H3. The van der Waals surface area contributed by atoms with E-state index in [9.17, 15) is 0 Å². The maximum absolute atomic E-state index is 2.75. The first-order valence-electron chi connectivity index (χ1n) is 20.7. The van der Waals surface area contributed by atoms with Gasteiger partial charge in [0.05, 0.1) is 5.69 Å². The van der Waals surface area contributed by atoms with Crippen molar-refractivity contribution in [1.82, 2.24) is 0 Å². The van der Waals surface area contributed by atoms with Crippen molar-refractivity contribution in [3.8, 4) is 0 Å². The van der Waals surface area contributed by atoms with Crippen molar-refractivity contribution in [3.63, 3.8) is 0 Å². The summed E-state index contributed by atoms with van der Waals surface area (Å²) in [7, 11) is 0. The van der Waals surface area contributed by atoms with E-state index in [2.05, 4.69) is 139 Å². The Morgan fingerprint density at radius 1 is 0.481 bits per heavy atom. The van der Waals surface area contributed by atoms with Crippen LogP contribution in [-0.2, 0) is 27.1 Å². The van der Waals surface area contributed by atoms with Gasteiger partial charge in [-0.3, -0.25) is 0 Å². The van der Waals surface area contributed by atoms with Gasteiger partial charge in [0, 0.05) is 32.1 Å². The summed E-state index contributed by atoms with van der Waals surface area (Å²) in [4.78, 5) is 5.74. The van der Waals surface area contributed by atoms with E-state index in [4.69, 9.17) is 0 Å². The molecule has 0 unspecified atom stereocenters. The van der Waals surface area contributed by atoms with Crippen LogP contribution in [0.25, 0.3) is 0 Å². The van der Waals surface area contributed by atoms with E-state index in [0.29, 0.717) is 11.8 Å². The normalized spacial score (nSPS) is 30.6. The first kappa shape index (κ1) is 33.6. The molecule has 1 spiro atoms. The number of benzene rings is 4. The van der Waals surface area contributed by atoms with Crippen LogP contribution in [0.3, 0.4) is 0 Å². The third-order valence-electron chi connectivity index (χ3n) is 15.8. The predicted octanol–water partition coefficient (Wildman–Crippen LogP) is 14.1. The van der Waals surface area contributed by atoms with E-state index in [0.717, 1.165) is 11.8 Å². The Morgan fingerprint density at radius 3 is 1.50 bits per heavy atom. The highest BCUT2D eigenvalue weighted by Gasteiger charge is 2.61. The maximum Gasteiger partial charge on any atom is 0.0514 e. The molecular formula is C50H59NS. The molecule has 4 aromatic rings. The van der Waals surface area contributed by atoms with Crippen molar-refractivity contribution in [3.05, 3.63) is 112 Å². The van der Waals surface area contributed by atoms with E-state index >= 15 is 0 Å². The molecule has 1 nitrogen and oxygen atoms in total. The second kappa shape index (κ2) is 11.1. The molecule has 0 N–H and O–H groups in total. The van der Waals surface area contributed by atoms with E-state index < -0.39 is 0 Å². The lowest BCUT2D eigenvalue weighted by Crippen LogP contribution is -2.57. The monoisotopic (exact) mass is 705 g/mol. The van der Waals surface area contributed by atoms with Crippen molar-refractivity contribution in [1.29, 1.82) is 0 Å². The van der Waals surface area contributed by atoms with Crippen LogP contribution in [0.4, 0.5) is 17.1 Å². The van der Waals surface area contributed by atoms with Crippen molar-refractivity contribution < 1.29 is 0 Å². The van der Waals surface area contributed by atoms with E-state index in [1.54, 1.807) is 22.3 Å². The summed E-state index contributed by atoms with van der Waals surface area (Å²) in [6, 6.07) is 32.2. The largest absolute Gasteiger partial charge is 0.310 e. The number of nitrogens with zero attached hydrogens (tertiary/aromatic N) is 1. The summed E-state index contributed by atoms with van der Waals surface area (Å²) in [6.45, 7) is 19.8. The molecule has 11 rings (SSSR count). The van der Waals surface area contributed by atoms with Gasteiger partial charge in [-0.2, -0.15) is 0 Å². The summed E-state index contributed by atoms with van der Waals surface area (Å²) in [5.41, 5.74) is 14.2. The average molecular weight is 706 g/mol. The van der Waals surface area contributed by atoms with Crippen molar-refractivity contribution in [2.75, 3.05) is 4.90 Å². The summed E-state index contributed by atoms with van der Waals surface area (Å²) in [6.07, 6.45) is 12.0. The van der Waals surface area contributed by atoms with Gasteiger partial charge in [-0.25, -0.2) is 0 Å². The van der Waals surface area contributed by atoms with Crippen molar-refractivity contribution in [2.45, 2.75) is 150 Å². The molecule has 7 aliphatic rings. The number of hydrogen-bond acceptors (Lipinski definition) is 2. The van der Waals surface area contributed by atoms with Gasteiger partial charge < -0.3 is 4.90 Å². The van der Waals surface area contributed by atoms with Crippen LogP contribution in [0.5, 0.6) is 0 Å². The Labute approximate surface area is 318 Å². The molecule has 4 fully saturated rings. The summed E-state index contributed by atoms with van der Waals surface area (Å²) >= 11 is 2.04. The van der Waals surface area contributed by atoms with Gasteiger partial charge in [0.25, 0.3) is 0 Å². The fourth-order valence-electron chi connectivity index (χ4n) is 13.0. The molecule has 52 heavy (non-hydrogen) atoms. The SMILES string of the molecule is CC1(C)CCC(C)(C)c2cc(N(c3ccc4c(c3)C(C)(C)CCC4(C)C)c3cccc4c3C3(c5ccccc5S4)C4CC5CC(C4)CC3C5)ccc21. The highest BCUT2D eigenvalue weighted by molar-refractivity contribution is 7.99. The van der Waals surface area contributed by atoms with Crippen molar-refractivity contribution >= 4 is 28.8 Å². The Kier molecular flexibility index (Phi) is 7.14. The third-order valence-corrected chi connectivity index (χ3v) is 17.0. The fourth-order valence-corrected chi connectivity index (χ4v) is 14.2. The molecule has 1 heterocycles. The molecule has 2 heteroatoms. The lowest BCUT2D eigenvalue weighted by Gasteiger charge is -2.63. The minimum Gasteiger partial charge on any atom is -0.310 e. The molecule has 1 aliphatic heterocycles. The molecule has 4 bridgehead atoms. The molecule has 0 radical (unpaired) electrons. The summed E-state index contributed by atoms with van der Waals surface area (Å²) in [5, 5.41) is 0. The van der Waals surface area contributed by atoms with Crippen LogP contribution in [0.2, 0.25) is 0 Å². The average Bonchev–Trinajstić information content (AvgIpc) is 3.10. The Hall–Kier alpha value is -2.97. The molecule has 0 atom stereocenters. The van der Waals surface area contributed by atoms with Crippen LogP contribution in [0.15, 0.2) is 88.7 Å². The van der Waals surface area contributed by atoms with Crippen molar-refractivity contribution in [2.24, 2.45) is 23.7 Å². The Balaban J connectivity index is 1.26. The topological polar surface area (TPSA) is 3.24 Å². The predicted molar refractivity (Wildman–Crippen MR) is 220 cm³/mol. The smallest absolute Gasteiger partial charge is 0.0514 e. The molecule has 6 aliphatic carbocycles. The van der Waals surface area contributed by atoms with Crippen LogP contribution in [0, 0.1) is 23.7 Å². The summed E-state index contributed by atoms with van der Waals surface area (Å²) < 4.78 is 0. The molecule has 270 valence electrons. The number of fused-ring (bicyclic) bond motifs is 4. The van der Waals surface area contributed by atoms with Gasteiger partial charge in [-0.15, -0.1) is 0 Å². The zero-order valence-electron chi connectivity index (χ0n) is 33.0. The number of hydrogen-bond donors (Lipinski definition) is 0. The zero-order valence-corrected chi connectivity index (χ0v) is 33.9. The quantitative estimate of drug-likeness (QED) is 0.209. The first-order chi connectivity index (χ1) is 24.7. The number of rotatable bonds is 3. The minimum absolute atomic E-state index is 0.0599. The van der Waals surface area contributed by atoms with E-state index in [-0.39, 0.29) is 27.1 Å². The van der Waals surface area contributed by atoms with Gasteiger partial charge in [-0.05, 0) is 173 Å². The van der Waals surface area contributed by atoms with Gasteiger partial charge >= 0.3 is 0 Å².